The van der Waals surface area contributed by atoms with Gasteiger partial charge in [0.1, 0.15) is 17.6 Å². The Kier molecular flexibility index (Phi) is 5.74. The summed E-state index contributed by atoms with van der Waals surface area (Å²) >= 11 is 11.9. The molecule has 1 aliphatic heterocycles. The zero-order valence-electron chi connectivity index (χ0n) is 17.7. The highest BCUT2D eigenvalue weighted by Crippen LogP contribution is 2.43. The molecule has 3 heterocycles. The van der Waals surface area contributed by atoms with Crippen molar-refractivity contribution in [3.8, 4) is 11.4 Å². The molecule has 0 amide bonds. The number of ether oxygens (including phenoxy) is 1. The molecule has 1 saturated heterocycles. The Morgan fingerprint density at radius 2 is 1.91 bits per heavy atom. The maximum atomic E-state index is 13.8. The van der Waals surface area contributed by atoms with Gasteiger partial charge < -0.3 is 19.5 Å². The molecule has 0 unspecified atom stereocenters. The van der Waals surface area contributed by atoms with Crippen LogP contribution in [0.4, 0.5) is 10.1 Å². The maximum absolute atomic E-state index is 13.8. The Balaban J connectivity index is 1.67. The predicted molar refractivity (Wildman–Crippen MR) is 132 cm³/mol. The summed E-state index contributed by atoms with van der Waals surface area (Å²) in [6.07, 6.45) is 3.70. The molecule has 2 aromatic heterocycles. The van der Waals surface area contributed by atoms with Gasteiger partial charge >= 0.3 is 0 Å². The van der Waals surface area contributed by atoms with Crippen molar-refractivity contribution in [1.29, 1.82) is 0 Å². The van der Waals surface area contributed by atoms with Gasteiger partial charge in [0, 0.05) is 35.5 Å². The number of halogens is 2. The second-order valence-electron chi connectivity index (χ2n) is 7.60. The van der Waals surface area contributed by atoms with Crippen LogP contribution < -0.4 is 15.0 Å². The fraction of sp³-hybridized carbons (Fsp3) is 0.120. The summed E-state index contributed by atoms with van der Waals surface area (Å²) in [6, 6.07) is 21.8. The van der Waals surface area contributed by atoms with Crippen LogP contribution in [0.1, 0.15) is 23.5 Å². The summed E-state index contributed by atoms with van der Waals surface area (Å²) in [6.45, 7) is 0. The van der Waals surface area contributed by atoms with E-state index in [1.807, 2.05) is 65.4 Å². The van der Waals surface area contributed by atoms with E-state index in [0.29, 0.717) is 5.11 Å². The van der Waals surface area contributed by atoms with Gasteiger partial charge in [0.25, 0.3) is 0 Å². The predicted octanol–water partition coefficient (Wildman–Crippen LogP) is 5.85. The minimum atomic E-state index is -0.456. The number of hydrogen-bond donors (Lipinski definition) is 1. The van der Waals surface area contributed by atoms with Crippen LogP contribution in [-0.2, 0) is 0 Å². The highest BCUT2D eigenvalue weighted by Gasteiger charge is 2.42. The van der Waals surface area contributed by atoms with Gasteiger partial charge in [0.15, 0.2) is 5.11 Å². The van der Waals surface area contributed by atoms with E-state index in [-0.39, 0.29) is 17.1 Å². The Morgan fingerprint density at radius 3 is 2.67 bits per heavy atom. The van der Waals surface area contributed by atoms with Crippen LogP contribution in [0.2, 0.25) is 5.02 Å². The van der Waals surface area contributed by atoms with Crippen molar-refractivity contribution >= 4 is 34.6 Å². The molecule has 4 aromatic rings. The molecule has 0 bridgehead atoms. The van der Waals surface area contributed by atoms with Crippen molar-refractivity contribution in [3.63, 3.8) is 0 Å². The van der Waals surface area contributed by atoms with Crippen LogP contribution in [0.5, 0.6) is 5.75 Å². The second kappa shape index (κ2) is 8.84. The lowest BCUT2D eigenvalue weighted by molar-refractivity contribution is 0.414. The molecule has 33 heavy (non-hydrogen) atoms. The van der Waals surface area contributed by atoms with E-state index >= 15 is 0 Å². The number of thiocarbonyl (C=S) groups is 1. The Labute approximate surface area is 201 Å². The quantitative estimate of drug-likeness (QED) is 0.364. The zero-order chi connectivity index (χ0) is 22.9. The van der Waals surface area contributed by atoms with E-state index in [4.69, 9.17) is 28.6 Å². The molecular weight excluding hydrogens is 459 g/mol. The Bertz CT molecular complexity index is 1310. The molecular formula is C25H20ClFN4OS. The van der Waals surface area contributed by atoms with E-state index in [1.165, 1.54) is 6.07 Å². The van der Waals surface area contributed by atoms with Crippen LogP contribution in [-0.4, -0.2) is 21.8 Å². The first kappa shape index (κ1) is 21.4. The largest absolute Gasteiger partial charge is 0.497 e. The fourth-order valence-corrected chi connectivity index (χ4v) is 4.72. The first-order valence-electron chi connectivity index (χ1n) is 10.3. The standard InChI is InChI=1S/C25H20ClFN4OS/c1-32-18-7-4-6-17(14-18)31-24(23(29-25(31)33)21-8-2-3-12-28-21)22-9-5-13-30(22)16-10-11-20(27)19(26)15-16/h2-15,23-24H,1H3,(H,29,33)/t23-,24-/m0/s1. The average Bonchev–Trinajstić information content (AvgIpc) is 3.45. The van der Waals surface area contributed by atoms with Crippen LogP contribution in [0.3, 0.4) is 0 Å². The van der Waals surface area contributed by atoms with E-state index < -0.39 is 5.82 Å². The first-order valence-corrected chi connectivity index (χ1v) is 11.1. The minimum Gasteiger partial charge on any atom is -0.497 e. The normalized spacial score (nSPS) is 17.8. The molecule has 2 atom stereocenters. The minimum absolute atomic E-state index is 0.0677. The highest BCUT2D eigenvalue weighted by atomic mass is 35.5. The Hall–Kier alpha value is -3.42. The number of methoxy groups -OCH3 is 1. The zero-order valence-corrected chi connectivity index (χ0v) is 19.2. The molecule has 5 rings (SSSR count). The van der Waals surface area contributed by atoms with Crippen LogP contribution in [0.25, 0.3) is 5.69 Å². The van der Waals surface area contributed by atoms with Crippen LogP contribution in [0.15, 0.2) is 85.2 Å². The summed E-state index contributed by atoms with van der Waals surface area (Å²) in [5.74, 6) is 0.276. The summed E-state index contributed by atoms with van der Waals surface area (Å²) in [7, 11) is 1.64. The molecule has 166 valence electrons. The first-order chi connectivity index (χ1) is 16.1. The van der Waals surface area contributed by atoms with Gasteiger partial charge in [-0.15, -0.1) is 0 Å². The lowest BCUT2D eigenvalue weighted by atomic mass is 10.0. The molecule has 0 aliphatic carbocycles. The molecule has 0 spiro atoms. The van der Waals surface area contributed by atoms with Gasteiger partial charge in [0.05, 0.1) is 23.9 Å². The topological polar surface area (TPSA) is 42.3 Å². The summed E-state index contributed by atoms with van der Waals surface area (Å²) in [5, 5.41) is 4.09. The lowest BCUT2D eigenvalue weighted by Crippen LogP contribution is -2.30. The summed E-state index contributed by atoms with van der Waals surface area (Å²) in [5.41, 5.74) is 3.45. The van der Waals surface area contributed by atoms with Gasteiger partial charge in [-0.05, 0) is 66.8 Å². The second-order valence-corrected chi connectivity index (χ2v) is 8.39. The molecule has 8 heteroatoms. The Morgan fingerprint density at radius 1 is 1.03 bits per heavy atom. The number of pyridine rings is 1. The molecule has 2 aromatic carbocycles. The number of anilines is 1. The van der Waals surface area contributed by atoms with E-state index in [2.05, 4.69) is 15.2 Å². The molecule has 0 radical (unpaired) electrons. The molecule has 5 nitrogen and oxygen atoms in total. The molecule has 0 saturated carbocycles. The van der Waals surface area contributed by atoms with Crippen LogP contribution >= 0.6 is 23.8 Å². The van der Waals surface area contributed by atoms with Gasteiger partial charge in [-0.2, -0.15) is 0 Å². The monoisotopic (exact) mass is 478 g/mol. The number of nitrogens with zero attached hydrogens (tertiary/aromatic N) is 3. The summed E-state index contributed by atoms with van der Waals surface area (Å²) in [4.78, 5) is 6.66. The van der Waals surface area contributed by atoms with E-state index in [1.54, 1.807) is 25.4 Å². The third-order valence-electron chi connectivity index (χ3n) is 5.69. The van der Waals surface area contributed by atoms with Crippen molar-refractivity contribution in [3.05, 3.63) is 107 Å². The summed E-state index contributed by atoms with van der Waals surface area (Å²) < 4.78 is 21.3. The van der Waals surface area contributed by atoms with Crippen molar-refractivity contribution in [2.45, 2.75) is 12.1 Å². The van der Waals surface area contributed by atoms with Gasteiger partial charge in [-0.3, -0.25) is 4.98 Å². The molecule has 1 N–H and O–H groups in total. The average molecular weight is 479 g/mol. The van der Waals surface area contributed by atoms with Crippen molar-refractivity contribution in [2.24, 2.45) is 0 Å². The molecule has 1 fully saturated rings. The third-order valence-corrected chi connectivity index (χ3v) is 6.30. The van der Waals surface area contributed by atoms with Gasteiger partial charge in [0.2, 0.25) is 0 Å². The van der Waals surface area contributed by atoms with Crippen molar-refractivity contribution in [1.82, 2.24) is 14.9 Å². The number of rotatable bonds is 5. The third kappa shape index (κ3) is 3.94. The fourth-order valence-electron chi connectivity index (χ4n) is 4.20. The number of nitrogens with one attached hydrogen (secondary N) is 1. The number of hydrogen-bond acceptors (Lipinski definition) is 3. The van der Waals surface area contributed by atoms with E-state index in [0.717, 1.165) is 28.5 Å². The van der Waals surface area contributed by atoms with Crippen LogP contribution in [0, 0.1) is 5.82 Å². The lowest BCUT2D eigenvalue weighted by Gasteiger charge is -2.29. The number of aromatic nitrogens is 2. The highest BCUT2D eigenvalue weighted by molar-refractivity contribution is 7.80. The number of benzene rings is 2. The SMILES string of the molecule is COc1cccc(N2C(=S)N[C@@H](c3ccccn3)[C@@H]2c2cccn2-c2ccc(F)c(Cl)c2)c1. The van der Waals surface area contributed by atoms with E-state index in [9.17, 15) is 4.39 Å². The molecule has 1 aliphatic rings. The van der Waals surface area contributed by atoms with Gasteiger partial charge in [-0.25, -0.2) is 4.39 Å². The smallest absolute Gasteiger partial charge is 0.174 e. The van der Waals surface area contributed by atoms with Crippen molar-refractivity contribution < 1.29 is 9.13 Å². The van der Waals surface area contributed by atoms with Crippen molar-refractivity contribution in [2.75, 3.05) is 12.0 Å². The van der Waals surface area contributed by atoms with Gasteiger partial charge in [-0.1, -0.05) is 23.7 Å². The maximum Gasteiger partial charge on any atom is 0.174 e.